The van der Waals surface area contributed by atoms with Crippen molar-refractivity contribution in [2.24, 2.45) is 0 Å². The van der Waals surface area contributed by atoms with Crippen molar-refractivity contribution in [3.63, 3.8) is 0 Å². The van der Waals surface area contributed by atoms with E-state index in [0.717, 1.165) is 5.56 Å². The van der Waals surface area contributed by atoms with Crippen LogP contribution >= 0.6 is 11.6 Å². The number of nitrogen functional groups attached to an aromatic ring is 1. The Labute approximate surface area is 188 Å². The van der Waals surface area contributed by atoms with E-state index in [-0.39, 0.29) is 17.2 Å². The smallest absolute Gasteiger partial charge is 0.261 e. The monoisotopic (exact) mass is 451 g/mol. The van der Waals surface area contributed by atoms with E-state index in [1.54, 1.807) is 55.5 Å². The molecule has 0 saturated heterocycles. The highest BCUT2D eigenvalue weighted by atomic mass is 35.5. The number of pyridine rings is 1. The van der Waals surface area contributed by atoms with Crippen LogP contribution in [0.15, 0.2) is 65.2 Å². The van der Waals surface area contributed by atoms with Gasteiger partial charge >= 0.3 is 0 Å². The van der Waals surface area contributed by atoms with Gasteiger partial charge in [0.05, 0.1) is 10.7 Å². The zero-order chi connectivity index (χ0) is 22.7. The maximum absolute atomic E-state index is 13.0. The second-order valence-corrected chi connectivity index (χ2v) is 7.41. The van der Waals surface area contributed by atoms with Crippen molar-refractivity contribution >= 4 is 34.8 Å². The first-order valence-corrected chi connectivity index (χ1v) is 10.1. The summed E-state index contributed by atoms with van der Waals surface area (Å²) in [5, 5.41) is 10.3. The fraction of sp³-hybridized carbons (Fsp3) is 0.0870. The Bertz CT molecular complexity index is 1270. The number of carbonyl (C=O) groups excluding carboxylic acids is 1. The number of aryl methyl sites for hydroxylation is 1. The minimum Gasteiger partial charge on any atom is -0.382 e. The average Bonchev–Trinajstić information content (AvgIpc) is 3.16. The maximum Gasteiger partial charge on any atom is 0.261 e. The van der Waals surface area contributed by atoms with E-state index in [0.29, 0.717) is 40.1 Å². The van der Waals surface area contributed by atoms with Crippen LogP contribution in [-0.2, 0) is 6.54 Å². The van der Waals surface area contributed by atoms with E-state index in [1.807, 2.05) is 0 Å². The number of nitrogens with one attached hydrogen (secondary N) is 2. The van der Waals surface area contributed by atoms with Gasteiger partial charge in [0, 0.05) is 12.1 Å². The molecular weight excluding hydrogens is 433 g/mol. The van der Waals surface area contributed by atoms with Crippen molar-refractivity contribution in [1.82, 2.24) is 10.1 Å². The molecule has 2 aromatic carbocycles. The molecule has 9 heteroatoms. The van der Waals surface area contributed by atoms with Crippen molar-refractivity contribution in [3.05, 3.63) is 88.4 Å². The van der Waals surface area contributed by atoms with Crippen molar-refractivity contribution in [2.45, 2.75) is 13.5 Å². The molecule has 0 unspecified atom stereocenters. The summed E-state index contributed by atoms with van der Waals surface area (Å²) < 4.78 is 18.3. The lowest BCUT2D eigenvalue weighted by Gasteiger charge is -2.11. The molecule has 0 aliphatic rings. The summed E-state index contributed by atoms with van der Waals surface area (Å²) in [4.78, 5) is 17.3. The number of benzene rings is 2. The van der Waals surface area contributed by atoms with Crippen LogP contribution in [0.4, 0.5) is 21.7 Å². The van der Waals surface area contributed by atoms with Gasteiger partial charge in [-0.2, -0.15) is 0 Å². The topological polar surface area (TPSA) is 106 Å². The Kier molecular flexibility index (Phi) is 6.04. The van der Waals surface area contributed by atoms with Gasteiger partial charge in [0.25, 0.3) is 5.91 Å². The molecule has 2 aromatic heterocycles. The van der Waals surface area contributed by atoms with E-state index >= 15 is 0 Å². The largest absolute Gasteiger partial charge is 0.382 e. The number of hydrogen-bond acceptors (Lipinski definition) is 6. The Morgan fingerprint density at radius 2 is 1.88 bits per heavy atom. The van der Waals surface area contributed by atoms with E-state index in [1.165, 1.54) is 12.1 Å². The van der Waals surface area contributed by atoms with Gasteiger partial charge in [-0.05, 0) is 42.8 Å². The summed E-state index contributed by atoms with van der Waals surface area (Å²) in [6.07, 6.45) is 0. The van der Waals surface area contributed by atoms with Crippen LogP contribution in [-0.4, -0.2) is 16.0 Å². The molecule has 0 fully saturated rings. The molecule has 2 heterocycles. The van der Waals surface area contributed by atoms with E-state index in [9.17, 15) is 9.18 Å². The molecule has 0 bridgehead atoms. The second kappa shape index (κ2) is 9.07. The molecule has 0 saturated carbocycles. The first-order valence-electron chi connectivity index (χ1n) is 9.69. The fourth-order valence-electron chi connectivity index (χ4n) is 3.14. The van der Waals surface area contributed by atoms with Crippen molar-refractivity contribution in [1.29, 1.82) is 0 Å². The fourth-order valence-corrected chi connectivity index (χ4v) is 3.36. The molecular formula is C23H19ClFN5O2. The summed E-state index contributed by atoms with van der Waals surface area (Å²) in [5.74, 6) is 0.260. The molecule has 4 N–H and O–H groups in total. The minimum atomic E-state index is -0.445. The number of amides is 1. The Morgan fingerprint density at radius 1 is 1.12 bits per heavy atom. The molecule has 4 aromatic rings. The number of hydrogen-bond donors (Lipinski definition) is 3. The number of halogens is 2. The van der Waals surface area contributed by atoms with E-state index in [4.69, 9.17) is 21.9 Å². The van der Waals surface area contributed by atoms with Crippen LogP contribution in [0.5, 0.6) is 0 Å². The number of rotatable bonds is 6. The van der Waals surface area contributed by atoms with Crippen molar-refractivity contribution < 1.29 is 13.7 Å². The number of aromatic nitrogens is 2. The van der Waals surface area contributed by atoms with Gasteiger partial charge in [-0.3, -0.25) is 4.79 Å². The predicted octanol–water partition coefficient (Wildman–Crippen LogP) is 5.28. The van der Waals surface area contributed by atoms with Gasteiger partial charge < -0.3 is 20.9 Å². The lowest BCUT2D eigenvalue weighted by molar-refractivity contribution is 0.102. The number of nitrogens with two attached hydrogens (primary N) is 1. The van der Waals surface area contributed by atoms with E-state index < -0.39 is 5.91 Å². The van der Waals surface area contributed by atoms with Crippen LogP contribution in [0.3, 0.4) is 0 Å². The second-order valence-electron chi connectivity index (χ2n) is 7.01. The molecule has 0 spiro atoms. The highest BCUT2D eigenvalue weighted by Crippen LogP contribution is 2.32. The SMILES string of the molecule is Cc1onc(-c2ccccc2Cl)c1C(=O)Nc1ccc(NCc2ccc(F)cc2)nc1N. The van der Waals surface area contributed by atoms with Crippen molar-refractivity contribution in [2.75, 3.05) is 16.4 Å². The van der Waals surface area contributed by atoms with Gasteiger partial charge in [0.15, 0.2) is 0 Å². The molecule has 4 rings (SSSR count). The highest BCUT2D eigenvalue weighted by Gasteiger charge is 2.23. The summed E-state index contributed by atoms with van der Waals surface area (Å²) >= 11 is 6.26. The molecule has 162 valence electrons. The molecule has 0 aliphatic heterocycles. The number of anilines is 3. The summed E-state index contributed by atoms with van der Waals surface area (Å²) in [5.41, 5.74) is 8.46. The van der Waals surface area contributed by atoms with Crippen LogP contribution in [0, 0.1) is 12.7 Å². The molecule has 0 radical (unpaired) electrons. The van der Waals surface area contributed by atoms with Gasteiger partial charge in [0.1, 0.15) is 34.5 Å². The first kappa shape index (κ1) is 21.3. The Balaban J connectivity index is 1.50. The molecule has 1 amide bonds. The highest BCUT2D eigenvalue weighted by molar-refractivity contribution is 6.33. The van der Waals surface area contributed by atoms with Gasteiger partial charge in [-0.1, -0.05) is 47.1 Å². The standard InChI is InChI=1S/C23H19ClFN5O2/c1-13-20(21(30-32-13)16-4-2-3-5-17(16)24)23(31)28-18-10-11-19(29-22(18)26)27-12-14-6-8-15(25)9-7-14/h2-11H,12H2,1H3,(H,28,31)(H3,26,27,29). The first-order chi connectivity index (χ1) is 15.4. The van der Waals surface area contributed by atoms with Crippen LogP contribution < -0.4 is 16.4 Å². The number of carbonyl (C=O) groups is 1. The zero-order valence-corrected chi connectivity index (χ0v) is 17.8. The predicted molar refractivity (Wildman–Crippen MR) is 122 cm³/mol. The molecule has 7 nitrogen and oxygen atoms in total. The molecule has 0 aliphatic carbocycles. The summed E-state index contributed by atoms with van der Waals surface area (Å²) in [6, 6.07) is 16.5. The van der Waals surface area contributed by atoms with Crippen LogP contribution in [0.25, 0.3) is 11.3 Å². The third-order valence-corrected chi connectivity index (χ3v) is 5.11. The molecule has 0 atom stereocenters. The molecule has 32 heavy (non-hydrogen) atoms. The third kappa shape index (κ3) is 4.55. The van der Waals surface area contributed by atoms with Gasteiger partial charge in [0.2, 0.25) is 0 Å². The van der Waals surface area contributed by atoms with Gasteiger partial charge in [-0.25, -0.2) is 9.37 Å². The lowest BCUT2D eigenvalue weighted by Crippen LogP contribution is -2.15. The zero-order valence-electron chi connectivity index (χ0n) is 17.0. The lowest BCUT2D eigenvalue weighted by atomic mass is 10.1. The van der Waals surface area contributed by atoms with Crippen LogP contribution in [0.1, 0.15) is 21.7 Å². The van der Waals surface area contributed by atoms with Crippen LogP contribution in [0.2, 0.25) is 5.02 Å². The van der Waals surface area contributed by atoms with E-state index in [2.05, 4.69) is 20.8 Å². The Morgan fingerprint density at radius 3 is 2.59 bits per heavy atom. The quantitative estimate of drug-likeness (QED) is 0.368. The van der Waals surface area contributed by atoms with Crippen molar-refractivity contribution in [3.8, 4) is 11.3 Å². The van der Waals surface area contributed by atoms with Gasteiger partial charge in [-0.15, -0.1) is 0 Å². The summed E-state index contributed by atoms with van der Waals surface area (Å²) in [6.45, 7) is 2.09. The normalized spacial score (nSPS) is 10.7. The average molecular weight is 452 g/mol. The minimum absolute atomic E-state index is 0.135. The third-order valence-electron chi connectivity index (χ3n) is 4.78. The maximum atomic E-state index is 13.0. The summed E-state index contributed by atoms with van der Waals surface area (Å²) in [7, 11) is 0. The number of nitrogens with zero attached hydrogens (tertiary/aromatic N) is 2. The Hall–Kier alpha value is -3.91.